The molecular formula is C50H74O20. The highest BCUT2D eigenvalue weighted by molar-refractivity contribution is 5.98. The molecule has 20 nitrogen and oxygen atoms in total. The van der Waals surface area contributed by atoms with Crippen molar-refractivity contribution in [1.29, 1.82) is 0 Å². The number of aromatic carboxylic acids is 1. The van der Waals surface area contributed by atoms with E-state index in [0.717, 1.165) is 11.1 Å². The Morgan fingerprint density at radius 1 is 0.357 bits per heavy atom. The van der Waals surface area contributed by atoms with Gasteiger partial charge in [0.2, 0.25) is 0 Å². The van der Waals surface area contributed by atoms with Crippen molar-refractivity contribution in [2.24, 2.45) is 0 Å². The first-order valence-corrected chi connectivity index (χ1v) is 23.5. The maximum Gasteiger partial charge on any atom is 0.347 e. The zero-order valence-electron chi connectivity index (χ0n) is 40.9. The third-order valence-corrected chi connectivity index (χ3v) is 9.26. The number of ether oxygens (including phenoxy) is 17. The van der Waals surface area contributed by atoms with E-state index in [2.05, 4.69) is 0 Å². The van der Waals surface area contributed by atoms with Crippen LogP contribution < -0.4 is 14.2 Å². The first kappa shape index (κ1) is 59.9. The van der Waals surface area contributed by atoms with Gasteiger partial charge in [-0.3, -0.25) is 0 Å². The van der Waals surface area contributed by atoms with Crippen LogP contribution >= 0.6 is 0 Å². The zero-order chi connectivity index (χ0) is 49.8. The number of methoxy groups -OCH3 is 2. The van der Waals surface area contributed by atoms with E-state index in [9.17, 15) is 14.7 Å². The molecule has 70 heavy (non-hydrogen) atoms. The van der Waals surface area contributed by atoms with Crippen LogP contribution in [0.3, 0.4) is 0 Å². The standard InChI is InChI=1S/C50H74O20/c1-54-12-14-56-16-18-58-20-22-60-24-26-62-28-30-64-32-34-66-36-38-68-47-41-46(50(53)70-44-10-8-43(9-11-44)42-6-4-3-5-7-42)48(40-45(47)49(51)52)69-39-37-67-35-33-65-31-29-63-27-25-61-23-21-59-19-17-57-15-13-55-2/h3-11,40-41H,12-39H2,1-2H3,(H,51,52). The molecule has 0 spiro atoms. The number of hydrogen-bond acceptors (Lipinski definition) is 19. The number of hydrogen-bond donors (Lipinski definition) is 1. The Morgan fingerprint density at radius 2 is 0.643 bits per heavy atom. The lowest BCUT2D eigenvalue weighted by molar-refractivity contribution is -0.0199. The van der Waals surface area contributed by atoms with Gasteiger partial charge in [0.1, 0.15) is 41.6 Å². The smallest absolute Gasteiger partial charge is 0.347 e. The van der Waals surface area contributed by atoms with Gasteiger partial charge in [-0.25, -0.2) is 9.59 Å². The van der Waals surface area contributed by atoms with Crippen molar-refractivity contribution in [3.8, 4) is 28.4 Å². The first-order valence-electron chi connectivity index (χ1n) is 23.5. The van der Waals surface area contributed by atoms with Gasteiger partial charge in [0, 0.05) is 14.2 Å². The number of carbonyl (C=O) groups is 2. The molecule has 394 valence electrons. The lowest BCUT2D eigenvalue weighted by atomic mass is 10.1. The molecule has 0 heterocycles. The third-order valence-electron chi connectivity index (χ3n) is 9.26. The summed E-state index contributed by atoms with van der Waals surface area (Å²) >= 11 is 0. The van der Waals surface area contributed by atoms with Crippen molar-refractivity contribution < 1.29 is 95.2 Å². The van der Waals surface area contributed by atoms with E-state index in [0.29, 0.717) is 145 Å². The van der Waals surface area contributed by atoms with Gasteiger partial charge in [-0.05, 0) is 35.4 Å². The van der Waals surface area contributed by atoms with Crippen molar-refractivity contribution in [2.45, 2.75) is 0 Å². The van der Waals surface area contributed by atoms with Gasteiger partial charge in [-0.2, -0.15) is 0 Å². The Bertz CT molecular complexity index is 1720. The Morgan fingerprint density at radius 3 is 0.971 bits per heavy atom. The summed E-state index contributed by atoms with van der Waals surface area (Å²) in [6.45, 7) is 10.8. The fraction of sp³-hybridized carbons (Fsp3) is 0.600. The monoisotopic (exact) mass is 994 g/mol. The Labute approximate surface area is 411 Å². The summed E-state index contributed by atoms with van der Waals surface area (Å²) in [7, 11) is 3.25. The molecule has 0 radical (unpaired) electrons. The van der Waals surface area contributed by atoms with E-state index >= 15 is 0 Å². The fourth-order valence-electron chi connectivity index (χ4n) is 5.74. The number of carboxylic acid groups (broad SMARTS) is 1. The minimum absolute atomic E-state index is 0.00151. The molecule has 0 bridgehead atoms. The van der Waals surface area contributed by atoms with Crippen LogP contribution in [-0.2, 0) is 66.3 Å². The van der Waals surface area contributed by atoms with Crippen molar-refractivity contribution in [3.05, 3.63) is 77.9 Å². The van der Waals surface area contributed by atoms with Crippen molar-refractivity contribution in [1.82, 2.24) is 0 Å². The summed E-state index contributed by atoms with van der Waals surface area (Å²) in [5, 5.41) is 10.1. The zero-order valence-corrected chi connectivity index (χ0v) is 40.9. The van der Waals surface area contributed by atoms with Crippen molar-refractivity contribution in [3.63, 3.8) is 0 Å². The van der Waals surface area contributed by atoms with E-state index in [1.807, 2.05) is 42.5 Å². The van der Waals surface area contributed by atoms with Crippen LogP contribution in [0.15, 0.2) is 66.7 Å². The predicted molar refractivity (Wildman–Crippen MR) is 255 cm³/mol. The van der Waals surface area contributed by atoms with E-state index in [1.54, 1.807) is 26.4 Å². The highest BCUT2D eigenvalue weighted by atomic mass is 16.6. The highest BCUT2D eigenvalue weighted by Gasteiger charge is 2.23. The molecule has 3 rings (SSSR count). The summed E-state index contributed by atoms with van der Waals surface area (Å²) in [6, 6.07) is 19.3. The second-order valence-corrected chi connectivity index (χ2v) is 14.5. The van der Waals surface area contributed by atoms with Crippen LogP contribution in [0.25, 0.3) is 11.1 Å². The number of carbonyl (C=O) groups excluding carboxylic acids is 1. The van der Waals surface area contributed by atoms with E-state index < -0.39 is 11.9 Å². The summed E-state index contributed by atoms with van der Waals surface area (Å²) in [5.74, 6) is -1.85. The maximum atomic E-state index is 13.7. The van der Waals surface area contributed by atoms with Crippen LogP contribution in [0.1, 0.15) is 20.7 Å². The Kier molecular flexibility index (Phi) is 36.3. The normalized spacial score (nSPS) is 11.3. The highest BCUT2D eigenvalue weighted by Crippen LogP contribution is 2.31. The van der Waals surface area contributed by atoms with E-state index in [-0.39, 0.29) is 68.0 Å². The molecule has 1 N–H and O–H groups in total. The van der Waals surface area contributed by atoms with Gasteiger partial charge in [0.15, 0.2) is 0 Å². The predicted octanol–water partition coefficient (Wildman–Crippen LogP) is 4.52. The molecular weight excluding hydrogens is 921 g/mol. The largest absolute Gasteiger partial charge is 0.490 e. The maximum absolute atomic E-state index is 13.7. The van der Waals surface area contributed by atoms with Gasteiger partial charge < -0.3 is 85.6 Å². The number of carboxylic acids is 1. The van der Waals surface area contributed by atoms with Gasteiger partial charge in [0.25, 0.3) is 0 Å². The molecule has 20 heteroatoms. The molecule has 0 aliphatic rings. The quantitative estimate of drug-likeness (QED) is 0.0468. The molecule has 3 aromatic rings. The fourth-order valence-corrected chi connectivity index (χ4v) is 5.74. The lowest BCUT2D eigenvalue weighted by Gasteiger charge is -2.16. The SMILES string of the molecule is COCCOCCOCCOCCOCCOCCOCCOc1cc(C(=O)Oc2ccc(-c3ccccc3)cc2)c(OCCOCCOCCOCCOCCOCCOCCOC)cc1C(=O)O. The third kappa shape index (κ3) is 29.7. The molecule has 0 aromatic heterocycles. The molecule has 0 fully saturated rings. The van der Waals surface area contributed by atoms with Crippen LogP contribution in [0, 0.1) is 0 Å². The number of esters is 1. The van der Waals surface area contributed by atoms with Crippen LogP contribution in [0.5, 0.6) is 17.2 Å². The minimum Gasteiger partial charge on any atom is -0.490 e. The summed E-state index contributed by atoms with van der Waals surface area (Å²) in [6.07, 6.45) is 0. The second kappa shape index (κ2) is 42.3. The van der Waals surface area contributed by atoms with Crippen molar-refractivity contribution in [2.75, 3.05) is 199 Å². The summed E-state index contributed by atoms with van der Waals surface area (Å²) in [5.41, 5.74) is 1.69. The van der Waals surface area contributed by atoms with Gasteiger partial charge in [0.05, 0.1) is 172 Å². The molecule has 3 aromatic carbocycles. The summed E-state index contributed by atoms with van der Waals surface area (Å²) in [4.78, 5) is 26.0. The van der Waals surface area contributed by atoms with Gasteiger partial charge >= 0.3 is 11.9 Å². The topological polar surface area (TPSA) is 211 Å². The Hall–Kier alpha value is -4.36. The second-order valence-electron chi connectivity index (χ2n) is 14.5. The van der Waals surface area contributed by atoms with E-state index in [4.69, 9.17) is 80.5 Å². The van der Waals surface area contributed by atoms with Gasteiger partial charge in [-0.15, -0.1) is 0 Å². The lowest BCUT2D eigenvalue weighted by Crippen LogP contribution is -2.17. The van der Waals surface area contributed by atoms with Crippen LogP contribution in [0.2, 0.25) is 0 Å². The molecule has 0 aliphatic carbocycles. The molecule has 0 saturated heterocycles. The first-order chi connectivity index (χ1) is 34.5. The molecule has 0 unspecified atom stereocenters. The van der Waals surface area contributed by atoms with Crippen LogP contribution in [0.4, 0.5) is 0 Å². The number of benzene rings is 3. The molecule has 0 aliphatic heterocycles. The van der Waals surface area contributed by atoms with Gasteiger partial charge in [-0.1, -0.05) is 42.5 Å². The molecule has 0 amide bonds. The Balaban J connectivity index is 1.35. The van der Waals surface area contributed by atoms with Crippen molar-refractivity contribution >= 4 is 11.9 Å². The van der Waals surface area contributed by atoms with E-state index in [1.165, 1.54) is 12.1 Å². The number of rotatable bonds is 48. The molecule has 0 saturated carbocycles. The average molecular weight is 995 g/mol. The molecule has 0 atom stereocenters. The van der Waals surface area contributed by atoms with Crippen LogP contribution in [-0.4, -0.2) is 216 Å². The minimum atomic E-state index is -1.28. The average Bonchev–Trinajstić information content (AvgIpc) is 3.37. The summed E-state index contributed by atoms with van der Waals surface area (Å²) < 4.78 is 93.1.